The number of halogens is 1. The number of anilines is 2. The van der Waals surface area contributed by atoms with Crippen molar-refractivity contribution in [3.05, 3.63) is 58.1 Å². The van der Waals surface area contributed by atoms with Gasteiger partial charge in [-0.2, -0.15) is 0 Å². The second-order valence-corrected chi connectivity index (χ2v) is 5.25. The highest BCUT2D eigenvalue weighted by molar-refractivity contribution is 9.10. The van der Waals surface area contributed by atoms with E-state index in [-0.39, 0.29) is 5.84 Å². The van der Waals surface area contributed by atoms with Crippen molar-refractivity contribution in [2.45, 2.75) is 6.92 Å². The number of aryl methyl sites for hydroxylation is 1. The van der Waals surface area contributed by atoms with Gasteiger partial charge in [-0.25, -0.2) is 0 Å². The molecule has 0 saturated carbocycles. The van der Waals surface area contributed by atoms with Gasteiger partial charge in [0.25, 0.3) is 0 Å². The summed E-state index contributed by atoms with van der Waals surface area (Å²) < 4.78 is 0.831. The first-order valence-electron chi connectivity index (χ1n) is 5.94. The summed E-state index contributed by atoms with van der Waals surface area (Å²) in [6.45, 7) is 2.07. The first-order valence-corrected chi connectivity index (χ1v) is 6.74. The number of benzene rings is 2. The maximum absolute atomic E-state index is 7.75. The molecule has 0 aliphatic rings. The van der Waals surface area contributed by atoms with E-state index in [9.17, 15) is 0 Å². The van der Waals surface area contributed by atoms with E-state index in [1.807, 2.05) is 37.4 Å². The molecule has 0 heterocycles. The summed E-state index contributed by atoms with van der Waals surface area (Å²) >= 11 is 3.46. The van der Waals surface area contributed by atoms with Crippen molar-refractivity contribution in [1.29, 1.82) is 5.41 Å². The minimum atomic E-state index is 0.0582. The lowest BCUT2D eigenvalue weighted by atomic mass is 10.1. The molecule has 4 heteroatoms. The molecule has 0 saturated heterocycles. The van der Waals surface area contributed by atoms with Gasteiger partial charge in [-0.05, 0) is 46.6 Å². The molecule has 0 radical (unpaired) electrons. The maximum Gasteiger partial charge on any atom is 0.126 e. The number of nitrogen functional groups attached to an aromatic ring is 1. The van der Waals surface area contributed by atoms with Gasteiger partial charge in [0.05, 0.1) is 11.3 Å². The van der Waals surface area contributed by atoms with E-state index in [1.54, 1.807) is 0 Å². The lowest BCUT2D eigenvalue weighted by molar-refractivity contribution is 1.17. The third-order valence-electron chi connectivity index (χ3n) is 3.10. The average molecular weight is 318 g/mol. The van der Waals surface area contributed by atoms with Crippen molar-refractivity contribution in [2.75, 3.05) is 11.9 Å². The van der Waals surface area contributed by atoms with Gasteiger partial charge in [-0.1, -0.05) is 24.3 Å². The minimum absolute atomic E-state index is 0.0582. The quantitative estimate of drug-likeness (QED) is 0.668. The van der Waals surface area contributed by atoms with Gasteiger partial charge in [0.15, 0.2) is 0 Å². The number of hydrogen-bond acceptors (Lipinski definition) is 2. The van der Waals surface area contributed by atoms with Crippen LogP contribution in [-0.2, 0) is 0 Å². The first-order chi connectivity index (χ1) is 9.02. The molecule has 0 fully saturated rings. The number of nitrogens with two attached hydrogens (primary N) is 1. The third-order valence-corrected chi connectivity index (χ3v) is 3.76. The van der Waals surface area contributed by atoms with Crippen LogP contribution in [0.25, 0.3) is 0 Å². The fourth-order valence-corrected chi connectivity index (χ4v) is 2.70. The van der Waals surface area contributed by atoms with E-state index >= 15 is 0 Å². The van der Waals surface area contributed by atoms with Crippen molar-refractivity contribution in [3.63, 3.8) is 0 Å². The summed E-state index contributed by atoms with van der Waals surface area (Å²) in [5.41, 5.74) is 9.61. The highest BCUT2D eigenvalue weighted by Crippen LogP contribution is 2.32. The van der Waals surface area contributed by atoms with E-state index in [4.69, 9.17) is 11.1 Å². The summed E-state index contributed by atoms with van der Waals surface area (Å²) in [5, 5.41) is 7.75. The Balaban J connectivity index is 2.57. The van der Waals surface area contributed by atoms with Crippen LogP contribution >= 0.6 is 15.9 Å². The summed E-state index contributed by atoms with van der Waals surface area (Å²) in [6.07, 6.45) is 0. The molecule has 2 aromatic carbocycles. The van der Waals surface area contributed by atoms with Gasteiger partial charge < -0.3 is 10.6 Å². The second-order valence-electron chi connectivity index (χ2n) is 4.39. The first kappa shape index (κ1) is 13.6. The molecule has 3 nitrogen and oxygen atoms in total. The van der Waals surface area contributed by atoms with Gasteiger partial charge in [0.1, 0.15) is 5.84 Å². The number of amidine groups is 1. The number of hydrogen-bond donors (Lipinski definition) is 2. The fraction of sp³-hybridized carbons (Fsp3) is 0.133. The van der Waals surface area contributed by atoms with E-state index in [2.05, 4.69) is 39.9 Å². The molecule has 2 rings (SSSR count). The molecule has 0 bridgehead atoms. The normalized spacial score (nSPS) is 10.3. The van der Waals surface area contributed by atoms with Crippen molar-refractivity contribution < 1.29 is 0 Å². The van der Waals surface area contributed by atoms with Crippen molar-refractivity contribution in [3.8, 4) is 0 Å². The third kappa shape index (κ3) is 2.63. The fourth-order valence-electron chi connectivity index (χ4n) is 2.13. The smallest absolute Gasteiger partial charge is 0.126 e. The zero-order chi connectivity index (χ0) is 14.0. The lowest BCUT2D eigenvalue weighted by Gasteiger charge is -2.24. The predicted molar refractivity (Wildman–Crippen MR) is 84.4 cm³/mol. The molecule has 0 unspecified atom stereocenters. The predicted octanol–water partition coefficient (Wildman–Crippen LogP) is 3.81. The Morgan fingerprint density at radius 3 is 2.37 bits per heavy atom. The molecule has 0 amide bonds. The van der Waals surface area contributed by atoms with Crippen LogP contribution in [0.5, 0.6) is 0 Å². The topological polar surface area (TPSA) is 53.1 Å². The zero-order valence-corrected chi connectivity index (χ0v) is 12.5. The molecule has 0 aliphatic carbocycles. The van der Waals surface area contributed by atoms with E-state index in [0.717, 1.165) is 15.8 Å². The van der Waals surface area contributed by atoms with E-state index in [0.29, 0.717) is 5.56 Å². The van der Waals surface area contributed by atoms with Gasteiger partial charge in [0.2, 0.25) is 0 Å². The van der Waals surface area contributed by atoms with Gasteiger partial charge >= 0.3 is 0 Å². The van der Waals surface area contributed by atoms with E-state index < -0.39 is 0 Å². The highest BCUT2D eigenvalue weighted by Gasteiger charge is 2.15. The largest absolute Gasteiger partial charge is 0.384 e. The molecule has 2 aromatic rings. The van der Waals surface area contributed by atoms with Crippen molar-refractivity contribution in [1.82, 2.24) is 0 Å². The number of nitrogens with zero attached hydrogens (tertiary/aromatic N) is 1. The maximum atomic E-state index is 7.75. The molecule has 0 atom stereocenters. The van der Waals surface area contributed by atoms with Crippen LogP contribution in [0.3, 0.4) is 0 Å². The summed E-state index contributed by atoms with van der Waals surface area (Å²) in [6, 6.07) is 13.9. The SMILES string of the molecule is Cc1ccccc1N(C)c1cccc(Br)c1C(=N)N. The Morgan fingerprint density at radius 2 is 1.74 bits per heavy atom. The van der Waals surface area contributed by atoms with Crippen LogP contribution in [-0.4, -0.2) is 12.9 Å². The number of rotatable bonds is 3. The Hall–Kier alpha value is -1.81. The van der Waals surface area contributed by atoms with Gasteiger partial charge in [-0.15, -0.1) is 0 Å². The molecule has 3 N–H and O–H groups in total. The summed E-state index contributed by atoms with van der Waals surface area (Å²) in [5.74, 6) is 0.0582. The van der Waals surface area contributed by atoms with Gasteiger partial charge in [0, 0.05) is 17.2 Å². The standard InChI is InChI=1S/C15H16BrN3/c1-10-6-3-4-8-12(10)19(2)13-9-5-7-11(16)14(13)15(17)18/h3-9H,1-2H3,(H3,17,18). The Labute approximate surface area is 121 Å². The van der Waals surface area contributed by atoms with Crippen LogP contribution < -0.4 is 10.6 Å². The highest BCUT2D eigenvalue weighted by atomic mass is 79.9. The molecule has 0 spiro atoms. The number of para-hydroxylation sites is 1. The molecule has 0 aromatic heterocycles. The van der Waals surface area contributed by atoms with Crippen molar-refractivity contribution >= 4 is 33.1 Å². The van der Waals surface area contributed by atoms with Crippen LogP contribution in [0, 0.1) is 12.3 Å². The summed E-state index contributed by atoms with van der Waals surface area (Å²) in [7, 11) is 1.98. The minimum Gasteiger partial charge on any atom is -0.384 e. The summed E-state index contributed by atoms with van der Waals surface area (Å²) in [4.78, 5) is 2.05. The lowest BCUT2D eigenvalue weighted by Crippen LogP contribution is -2.19. The average Bonchev–Trinajstić information content (AvgIpc) is 2.37. The van der Waals surface area contributed by atoms with Crippen LogP contribution in [0.4, 0.5) is 11.4 Å². The van der Waals surface area contributed by atoms with Crippen LogP contribution in [0.2, 0.25) is 0 Å². The molecular formula is C15H16BrN3. The molecule has 19 heavy (non-hydrogen) atoms. The van der Waals surface area contributed by atoms with Crippen LogP contribution in [0.15, 0.2) is 46.9 Å². The van der Waals surface area contributed by atoms with Gasteiger partial charge in [-0.3, -0.25) is 5.41 Å². The number of nitrogens with one attached hydrogen (secondary N) is 1. The monoisotopic (exact) mass is 317 g/mol. The Morgan fingerprint density at radius 1 is 1.11 bits per heavy atom. The zero-order valence-electron chi connectivity index (χ0n) is 10.9. The molecule has 98 valence electrons. The van der Waals surface area contributed by atoms with Crippen LogP contribution in [0.1, 0.15) is 11.1 Å². The Bertz CT molecular complexity index is 623. The molecular weight excluding hydrogens is 302 g/mol. The second kappa shape index (κ2) is 5.45. The van der Waals surface area contributed by atoms with E-state index in [1.165, 1.54) is 5.56 Å². The van der Waals surface area contributed by atoms with Crippen molar-refractivity contribution in [2.24, 2.45) is 5.73 Å². The Kier molecular flexibility index (Phi) is 3.90. The molecule has 0 aliphatic heterocycles.